The smallest absolute Gasteiger partial charge is 0.228 e. The average Bonchev–Trinajstić information content (AvgIpc) is 3.31. The zero-order valence-electron chi connectivity index (χ0n) is 17.8. The Morgan fingerprint density at radius 1 is 1.03 bits per heavy atom. The molecule has 1 aliphatic rings. The molecule has 0 radical (unpaired) electrons. The highest BCUT2D eigenvalue weighted by molar-refractivity contribution is 7.13. The number of likely N-dealkylation sites (tertiary alicyclic amines) is 1. The molecular weight excluding hydrogens is 390 g/mol. The Morgan fingerprint density at radius 3 is 2.33 bits per heavy atom. The molecule has 3 heterocycles. The van der Waals surface area contributed by atoms with Gasteiger partial charge in [0.15, 0.2) is 0 Å². The molecule has 2 aromatic heterocycles. The number of hydrogen-bond donors (Lipinski definition) is 0. The number of nitrogens with zero attached hydrogens (tertiary/aromatic N) is 3. The summed E-state index contributed by atoms with van der Waals surface area (Å²) >= 11 is 1.76. The highest BCUT2D eigenvalue weighted by Crippen LogP contribution is 2.38. The van der Waals surface area contributed by atoms with Crippen molar-refractivity contribution in [1.82, 2.24) is 14.8 Å². The monoisotopic (exact) mass is 419 g/mol. The van der Waals surface area contributed by atoms with Crippen LogP contribution in [0.3, 0.4) is 0 Å². The molecule has 1 amide bonds. The van der Waals surface area contributed by atoms with Crippen LogP contribution in [0.15, 0.2) is 66.3 Å². The lowest BCUT2D eigenvalue weighted by atomic mass is 9.72. The van der Waals surface area contributed by atoms with Crippen LogP contribution in [0.1, 0.15) is 24.0 Å². The molecule has 156 valence electrons. The summed E-state index contributed by atoms with van der Waals surface area (Å²) in [6.07, 6.45) is 6.28. The van der Waals surface area contributed by atoms with Gasteiger partial charge in [0.05, 0.1) is 5.41 Å². The summed E-state index contributed by atoms with van der Waals surface area (Å²) in [6.45, 7) is 2.80. The fraction of sp³-hybridized carbons (Fsp3) is 0.360. The molecule has 0 atom stereocenters. The lowest BCUT2D eigenvalue weighted by Crippen LogP contribution is -2.49. The Labute approximate surface area is 183 Å². The maximum atomic E-state index is 13.2. The van der Waals surface area contributed by atoms with Gasteiger partial charge < -0.3 is 4.90 Å². The molecule has 0 aliphatic carbocycles. The van der Waals surface area contributed by atoms with Crippen molar-refractivity contribution in [3.8, 4) is 10.4 Å². The molecule has 1 saturated heterocycles. The summed E-state index contributed by atoms with van der Waals surface area (Å²) in [5.74, 6) is 0.258. The number of piperidine rings is 1. The van der Waals surface area contributed by atoms with E-state index in [1.54, 1.807) is 16.2 Å². The van der Waals surface area contributed by atoms with E-state index in [2.05, 4.69) is 63.8 Å². The van der Waals surface area contributed by atoms with Crippen molar-refractivity contribution in [2.24, 2.45) is 5.41 Å². The van der Waals surface area contributed by atoms with Gasteiger partial charge in [-0.15, -0.1) is 11.3 Å². The molecular formula is C25H29N3OS. The fourth-order valence-corrected chi connectivity index (χ4v) is 5.18. The number of hydrogen-bond acceptors (Lipinski definition) is 4. The van der Waals surface area contributed by atoms with Crippen LogP contribution in [-0.2, 0) is 17.8 Å². The summed E-state index contributed by atoms with van der Waals surface area (Å²) < 4.78 is 0. The van der Waals surface area contributed by atoms with Crippen LogP contribution >= 0.6 is 11.3 Å². The minimum absolute atomic E-state index is 0.258. The Hall–Kier alpha value is -2.50. The van der Waals surface area contributed by atoms with Gasteiger partial charge in [-0.3, -0.25) is 14.7 Å². The van der Waals surface area contributed by atoms with E-state index >= 15 is 0 Å². The topological polar surface area (TPSA) is 36.4 Å². The predicted molar refractivity (Wildman–Crippen MR) is 123 cm³/mol. The third-order valence-corrected chi connectivity index (χ3v) is 7.05. The maximum absolute atomic E-state index is 13.2. The number of aromatic nitrogens is 1. The molecule has 0 saturated carbocycles. The molecule has 1 fully saturated rings. The van der Waals surface area contributed by atoms with Crippen LogP contribution in [-0.4, -0.2) is 47.9 Å². The zero-order chi connectivity index (χ0) is 21.0. The fourth-order valence-electron chi connectivity index (χ4n) is 4.45. The number of benzene rings is 1. The molecule has 0 bridgehead atoms. The second-order valence-electron chi connectivity index (χ2n) is 8.46. The summed E-state index contributed by atoms with van der Waals surface area (Å²) in [4.78, 5) is 22.9. The Morgan fingerprint density at radius 2 is 1.73 bits per heavy atom. The average molecular weight is 420 g/mol. The Balaban J connectivity index is 1.47. The molecule has 4 rings (SSSR count). The van der Waals surface area contributed by atoms with Gasteiger partial charge in [0.2, 0.25) is 5.91 Å². The van der Waals surface area contributed by atoms with Gasteiger partial charge in [0.25, 0.3) is 0 Å². The zero-order valence-corrected chi connectivity index (χ0v) is 18.6. The lowest BCUT2D eigenvalue weighted by Gasteiger charge is -2.42. The van der Waals surface area contributed by atoms with Crippen LogP contribution in [0.25, 0.3) is 10.4 Å². The molecule has 30 heavy (non-hydrogen) atoms. The second kappa shape index (κ2) is 9.11. The van der Waals surface area contributed by atoms with Crippen molar-refractivity contribution in [3.63, 3.8) is 0 Å². The van der Waals surface area contributed by atoms with Gasteiger partial charge in [-0.2, -0.15) is 0 Å². The molecule has 4 nitrogen and oxygen atoms in total. The maximum Gasteiger partial charge on any atom is 0.228 e. The van der Waals surface area contributed by atoms with Crippen LogP contribution in [0.2, 0.25) is 0 Å². The van der Waals surface area contributed by atoms with E-state index in [0.29, 0.717) is 0 Å². The number of amides is 1. The minimum atomic E-state index is -0.317. The standard InChI is InChI=1S/C25H29N3OS/c1-27(2)24(29)25(11-15-28(16-12-25)19-21-9-13-26-14-10-21)18-20-5-7-22(8-6-20)23-4-3-17-30-23/h3-10,13-14,17H,11-12,15-16,18-19H2,1-2H3. The number of thiophene rings is 1. The number of carbonyl (C=O) groups excluding carboxylic acids is 1. The van der Waals surface area contributed by atoms with Gasteiger partial charge in [-0.1, -0.05) is 30.3 Å². The largest absolute Gasteiger partial charge is 0.348 e. The summed E-state index contributed by atoms with van der Waals surface area (Å²) in [7, 11) is 3.76. The van der Waals surface area contributed by atoms with Gasteiger partial charge in [0.1, 0.15) is 0 Å². The number of rotatable bonds is 6. The predicted octanol–water partition coefficient (Wildman–Crippen LogP) is 4.72. The van der Waals surface area contributed by atoms with E-state index in [0.717, 1.165) is 38.9 Å². The van der Waals surface area contributed by atoms with E-state index in [1.165, 1.54) is 21.6 Å². The number of carbonyl (C=O) groups is 1. The van der Waals surface area contributed by atoms with E-state index in [4.69, 9.17) is 0 Å². The van der Waals surface area contributed by atoms with Crippen molar-refractivity contribution in [1.29, 1.82) is 0 Å². The van der Waals surface area contributed by atoms with E-state index in [9.17, 15) is 4.79 Å². The lowest BCUT2D eigenvalue weighted by molar-refractivity contribution is -0.142. The van der Waals surface area contributed by atoms with Gasteiger partial charge in [-0.05, 0) is 72.6 Å². The van der Waals surface area contributed by atoms with Gasteiger partial charge in [0, 0.05) is 37.9 Å². The van der Waals surface area contributed by atoms with Crippen LogP contribution in [0.4, 0.5) is 0 Å². The first kappa shape index (κ1) is 20.8. The van der Waals surface area contributed by atoms with Crippen molar-refractivity contribution in [3.05, 3.63) is 77.4 Å². The first-order valence-electron chi connectivity index (χ1n) is 10.5. The SMILES string of the molecule is CN(C)C(=O)C1(Cc2ccc(-c3cccs3)cc2)CCN(Cc2ccncc2)CC1. The third kappa shape index (κ3) is 4.63. The first-order valence-corrected chi connectivity index (χ1v) is 11.4. The van der Waals surface area contributed by atoms with Crippen molar-refractivity contribution >= 4 is 17.2 Å². The summed E-state index contributed by atoms with van der Waals surface area (Å²) in [6, 6.07) is 17.1. The van der Waals surface area contributed by atoms with Crippen molar-refractivity contribution in [2.45, 2.75) is 25.8 Å². The quantitative estimate of drug-likeness (QED) is 0.580. The Bertz CT molecular complexity index is 944. The van der Waals surface area contributed by atoms with Crippen molar-refractivity contribution < 1.29 is 4.79 Å². The first-order chi connectivity index (χ1) is 14.6. The normalized spacial score (nSPS) is 16.3. The summed E-state index contributed by atoms with van der Waals surface area (Å²) in [5.41, 5.74) is 3.45. The molecule has 0 unspecified atom stereocenters. The van der Waals surface area contributed by atoms with Gasteiger partial charge in [-0.25, -0.2) is 0 Å². The van der Waals surface area contributed by atoms with Crippen LogP contribution in [0, 0.1) is 5.41 Å². The van der Waals surface area contributed by atoms with E-state index in [-0.39, 0.29) is 11.3 Å². The van der Waals surface area contributed by atoms with Crippen LogP contribution < -0.4 is 0 Å². The second-order valence-corrected chi connectivity index (χ2v) is 9.41. The van der Waals surface area contributed by atoms with Crippen molar-refractivity contribution in [2.75, 3.05) is 27.2 Å². The Kier molecular flexibility index (Phi) is 6.30. The van der Waals surface area contributed by atoms with E-state index < -0.39 is 0 Å². The third-order valence-electron chi connectivity index (χ3n) is 6.13. The molecule has 0 N–H and O–H groups in total. The molecule has 0 spiro atoms. The highest BCUT2D eigenvalue weighted by atomic mass is 32.1. The molecule has 1 aromatic carbocycles. The summed E-state index contributed by atoms with van der Waals surface area (Å²) in [5, 5.41) is 2.10. The number of pyridine rings is 1. The van der Waals surface area contributed by atoms with Crippen LogP contribution in [0.5, 0.6) is 0 Å². The van der Waals surface area contributed by atoms with Gasteiger partial charge >= 0.3 is 0 Å². The molecule has 1 aliphatic heterocycles. The van der Waals surface area contributed by atoms with E-state index in [1.807, 2.05) is 26.5 Å². The molecule has 5 heteroatoms. The highest BCUT2D eigenvalue weighted by Gasteiger charge is 2.42. The molecule has 3 aromatic rings. The minimum Gasteiger partial charge on any atom is -0.348 e.